The van der Waals surface area contributed by atoms with E-state index in [9.17, 15) is 4.79 Å². The van der Waals surface area contributed by atoms with Gasteiger partial charge in [0.1, 0.15) is 11.4 Å². The highest BCUT2D eigenvalue weighted by molar-refractivity contribution is 5.99. The fraction of sp³-hybridized carbons (Fsp3) is 0.238. The smallest absolute Gasteiger partial charge is 0.251 e. The third-order valence-corrected chi connectivity index (χ3v) is 4.92. The summed E-state index contributed by atoms with van der Waals surface area (Å²) in [7, 11) is 3.24. The first-order chi connectivity index (χ1) is 13.2. The van der Waals surface area contributed by atoms with Crippen LogP contribution in [0.2, 0.25) is 0 Å². The number of benzene rings is 1. The molecule has 0 fully saturated rings. The van der Waals surface area contributed by atoms with Gasteiger partial charge in [0, 0.05) is 42.0 Å². The summed E-state index contributed by atoms with van der Waals surface area (Å²) in [6, 6.07) is 9.64. The minimum atomic E-state index is -0.137. The Hall–Kier alpha value is -3.12. The molecule has 4 rings (SSSR count). The van der Waals surface area contributed by atoms with Gasteiger partial charge in [0.15, 0.2) is 0 Å². The monoisotopic (exact) mass is 362 g/mol. The number of amides is 1. The standard InChI is InChI=1S/C21H22N4O2/c1-22-21(26)14-3-4-16(19(11-14)27-2)15-7-10-24-20-17(15)12-18(25-20)13-5-8-23-9-6-13/h3-5,7,10-12,23H,6,8-9H2,1-2H3,(H,22,26)(H,24,25). The van der Waals surface area contributed by atoms with E-state index in [4.69, 9.17) is 4.74 Å². The first kappa shape index (κ1) is 17.3. The molecule has 6 heteroatoms. The zero-order valence-corrected chi connectivity index (χ0v) is 15.4. The first-order valence-electron chi connectivity index (χ1n) is 8.99. The number of nitrogens with one attached hydrogen (secondary N) is 3. The van der Waals surface area contributed by atoms with Crippen LogP contribution < -0.4 is 15.4 Å². The van der Waals surface area contributed by atoms with Gasteiger partial charge in [0.05, 0.1) is 7.11 Å². The van der Waals surface area contributed by atoms with E-state index >= 15 is 0 Å². The Balaban J connectivity index is 1.83. The quantitative estimate of drug-likeness (QED) is 0.667. The lowest BCUT2D eigenvalue weighted by Gasteiger charge is -2.12. The number of aromatic amines is 1. The number of H-pyrrole nitrogens is 1. The molecule has 6 nitrogen and oxygen atoms in total. The SMILES string of the molecule is CNC(=O)c1ccc(-c2ccnc3[nH]c(C4=CCNCC4)cc23)c(OC)c1. The van der Waals surface area contributed by atoms with Gasteiger partial charge in [-0.1, -0.05) is 6.08 Å². The average Bonchev–Trinajstić information content (AvgIpc) is 3.18. The molecule has 3 N–H and O–H groups in total. The maximum atomic E-state index is 11.9. The van der Waals surface area contributed by atoms with Gasteiger partial charge in [0.2, 0.25) is 0 Å². The number of hydrogen-bond donors (Lipinski definition) is 3. The van der Waals surface area contributed by atoms with Gasteiger partial charge in [-0.05, 0) is 54.4 Å². The van der Waals surface area contributed by atoms with Gasteiger partial charge >= 0.3 is 0 Å². The van der Waals surface area contributed by atoms with Gasteiger partial charge in [0.25, 0.3) is 5.91 Å². The highest BCUT2D eigenvalue weighted by Crippen LogP contribution is 2.36. The molecule has 27 heavy (non-hydrogen) atoms. The molecule has 1 amide bonds. The Morgan fingerprint density at radius 1 is 1.22 bits per heavy atom. The van der Waals surface area contributed by atoms with Gasteiger partial charge in [-0.3, -0.25) is 4.79 Å². The molecule has 3 aromatic rings. The molecule has 0 saturated carbocycles. The van der Waals surface area contributed by atoms with Crippen LogP contribution in [0.4, 0.5) is 0 Å². The van der Waals surface area contributed by atoms with E-state index in [-0.39, 0.29) is 5.91 Å². The van der Waals surface area contributed by atoms with E-state index in [0.717, 1.165) is 47.4 Å². The predicted octanol–water partition coefficient (Wildman–Crippen LogP) is 2.97. The van der Waals surface area contributed by atoms with Crippen molar-refractivity contribution in [2.45, 2.75) is 6.42 Å². The highest BCUT2D eigenvalue weighted by Gasteiger charge is 2.16. The molecule has 3 heterocycles. The summed E-state index contributed by atoms with van der Waals surface area (Å²) in [5.74, 6) is 0.522. The highest BCUT2D eigenvalue weighted by atomic mass is 16.5. The summed E-state index contributed by atoms with van der Waals surface area (Å²) in [6.45, 7) is 1.87. The molecule has 138 valence electrons. The van der Waals surface area contributed by atoms with E-state index in [2.05, 4.69) is 32.7 Å². The summed E-state index contributed by atoms with van der Waals surface area (Å²) in [5, 5.41) is 7.01. The largest absolute Gasteiger partial charge is 0.496 e. The van der Waals surface area contributed by atoms with Crippen molar-refractivity contribution < 1.29 is 9.53 Å². The van der Waals surface area contributed by atoms with Crippen molar-refractivity contribution in [3.63, 3.8) is 0 Å². The van der Waals surface area contributed by atoms with Gasteiger partial charge in [-0.2, -0.15) is 0 Å². The van der Waals surface area contributed by atoms with E-state index in [0.29, 0.717) is 11.3 Å². The van der Waals surface area contributed by atoms with E-state index < -0.39 is 0 Å². The summed E-state index contributed by atoms with van der Waals surface area (Å²) in [4.78, 5) is 19.9. The maximum Gasteiger partial charge on any atom is 0.251 e. The molecular weight excluding hydrogens is 340 g/mol. The molecule has 0 saturated heterocycles. The van der Waals surface area contributed by atoms with Crippen molar-refractivity contribution in [2.24, 2.45) is 0 Å². The van der Waals surface area contributed by atoms with Crippen LogP contribution in [-0.4, -0.2) is 43.1 Å². The van der Waals surface area contributed by atoms with Crippen LogP contribution >= 0.6 is 0 Å². The van der Waals surface area contributed by atoms with Crippen LogP contribution in [0.15, 0.2) is 42.6 Å². The molecule has 0 radical (unpaired) electrons. The van der Waals surface area contributed by atoms with Crippen molar-refractivity contribution in [1.82, 2.24) is 20.6 Å². The number of carbonyl (C=O) groups excluding carboxylic acids is 1. The Labute approximate surface area is 157 Å². The lowest BCUT2D eigenvalue weighted by Crippen LogP contribution is -2.20. The van der Waals surface area contributed by atoms with Crippen molar-refractivity contribution in [2.75, 3.05) is 27.2 Å². The van der Waals surface area contributed by atoms with E-state index in [1.165, 1.54) is 5.57 Å². The molecule has 1 aliphatic rings. The molecule has 0 spiro atoms. The summed E-state index contributed by atoms with van der Waals surface area (Å²) < 4.78 is 5.58. The first-order valence-corrected chi connectivity index (χ1v) is 8.99. The number of pyridine rings is 1. The van der Waals surface area contributed by atoms with Gasteiger partial charge in [-0.15, -0.1) is 0 Å². The third kappa shape index (κ3) is 3.19. The van der Waals surface area contributed by atoms with Crippen LogP contribution in [0, 0.1) is 0 Å². The van der Waals surface area contributed by atoms with E-state index in [1.807, 2.05) is 18.2 Å². The number of aromatic nitrogens is 2. The Morgan fingerprint density at radius 2 is 2.11 bits per heavy atom. The van der Waals surface area contributed by atoms with Crippen LogP contribution in [0.3, 0.4) is 0 Å². The maximum absolute atomic E-state index is 11.9. The molecule has 1 aromatic carbocycles. The summed E-state index contributed by atoms with van der Waals surface area (Å²) in [6.07, 6.45) is 5.00. The zero-order valence-electron chi connectivity index (χ0n) is 15.4. The van der Waals surface area contributed by atoms with Crippen LogP contribution in [0.1, 0.15) is 22.5 Å². The second-order valence-electron chi connectivity index (χ2n) is 6.48. The third-order valence-electron chi connectivity index (χ3n) is 4.92. The molecule has 0 atom stereocenters. The lowest BCUT2D eigenvalue weighted by molar-refractivity contribution is 0.0963. The summed E-state index contributed by atoms with van der Waals surface area (Å²) >= 11 is 0. The number of hydrogen-bond acceptors (Lipinski definition) is 4. The number of nitrogens with zero attached hydrogens (tertiary/aromatic N) is 1. The average molecular weight is 362 g/mol. The van der Waals surface area contributed by atoms with E-state index in [1.54, 1.807) is 26.4 Å². The van der Waals surface area contributed by atoms with Crippen molar-refractivity contribution in [3.05, 3.63) is 53.9 Å². The van der Waals surface area contributed by atoms with Crippen molar-refractivity contribution in [3.8, 4) is 16.9 Å². The molecule has 1 aliphatic heterocycles. The lowest BCUT2D eigenvalue weighted by atomic mass is 9.99. The molecule has 0 bridgehead atoms. The van der Waals surface area contributed by atoms with Gasteiger partial charge in [-0.25, -0.2) is 4.98 Å². The Kier molecular flexibility index (Phi) is 4.64. The Morgan fingerprint density at radius 3 is 2.85 bits per heavy atom. The van der Waals surface area contributed by atoms with Crippen LogP contribution in [-0.2, 0) is 0 Å². The van der Waals surface area contributed by atoms with Crippen molar-refractivity contribution in [1.29, 1.82) is 0 Å². The minimum absolute atomic E-state index is 0.137. The molecule has 0 aliphatic carbocycles. The summed E-state index contributed by atoms with van der Waals surface area (Å²) in [5.41, 5.74) is 5.78. The van der Waals surface area contributed by atoms with Crippen molar-refractivity contribution >= 4 is 22.5 Å². The second kappa shape index (κ2) is 7.25. The van der Waals surface area contributed by atoms with Crippen LogP contribution in [0.25, 0.3) is 27.7 Å². The topological polar surface area (TPSA) is 79.0 Å². The number of methoxy groups -OCH3 is 1. The number of ether oxygens (including phenoxy) is 1. The fourth-order valence-electron chi connectivity index (χ4n) is 3.50. The predicted molar refractivity (Wildman–Crippen MR) is 107 cm³/mol. The minimum Gasteiger partial charge on any atom is -0.496 e. The number of rotatable bonds is 4. The molecule has 0 unspecified atom stereocenters. The normalized spacial score (nSPS) is 14.1. The number of fused-ring (bicyclic) bond motifs is 1. The molecular formula is C21H22N4O2. The number of carbonyl (C=O) groups is 1. The van der Waals surface area contributed by atoms with Gasteiger partial charge < -0.3 is 20.4 Å². The Bertz CT molecular complexity index is 1040. The molecule has 2 aromatic heterocycles. The fourth-order valence-corrected chi connectivity index (χ4v) is 3.50. The zero-order chi connectivity index (χ0) is 18.8. The van der Waals surface area contributed by atoms with Crippen LogP contribution in [0.5, 0.6) is 5.75 Å². The second-order valence-corrected chi connectivity index (χ2v) is 6.48.